The van der Waals surface area contributed by atoms with E-state index < -0.39 is 0 Å². The number of hydrogen-bond donors (Lipinski definition) is 0. The Morgan fingerprint density at radius 2 is 1.88 bits per heavy atom. The van der Waals surface area contributed by atoms with Crippen LogP contribution in [0.15, 0.2) is 12.4 Å². The Labute approximate surface area is 158 Å². The number of aryl methyl sites for hydroxylation is 1. The minimum absolute atomic E-state index is 0.116. The molecule has 0 aliphatic carbocycles. The highest BCUT2D eigenvalue weighted by atomic mass is 32.1. The van der Waals surface area contributed by atoms with Crippen LogP contribution in [-0.2, 0) is 9.53 Å². The van der Waals surface area contributed by atoms with Crippen LogP contribution >= 0.6 is 11.3 Å². The number of hydrogen-bond acceptors (Lipinski definition) is 6. The molecule has 0 saturated carbocycles. The fourth-order valence-corrected chi connectivity index (χ4v) is 5.01. The Kier molecular flexibility index (Phi) is 4.84. The van der Waals surface area contributed by atoms with Gasteiger partial charge < -0.3 is 14.5 Å². The minimum Gasteiger partial charge on any atom is -0.372 e. The molecule has 1 amide bonds. The lowest BCUT2D eigenvalue weighted by Gasteiger charge is -2.39. The maximum atomic E-state index is 12.9. The van der Waals surface area contributed by atoms with Gasteiger partial charge >= 0.3 is 0 Å². The number of morpholine rings is 1. The molecule has 2 aliphatic heterocycles. The quantitative estimate of drug-likeness (QED) is 0.809. The van der Waals surface area contributed by atoms with Crippen LogP contribution in [0.5, 0.6) is 0 Å². The second-order valence-electron chi connectivity index (χ2n) is 7.54. The van der Waals surface area contributed by atoms with Gasteiger partial charge in [-0.3, -0.25) is 4.79 Å². The summed E-state index contributed by atoms with van der Waals surface area (Å²) in [7, 11) is 0. The number of fused-ring (bicyclic) bond motifs is 1. The number of amides is 1. The molecule has 2 aromatic rings. The number of piperidine rings is 1. The van der Waals surface area contributed by atoms with E-state index in [4.69, 9.17) is 4.74 Å². The fourth-order valence-electron chi connectivity index (χ4n) is 4.17. The highest BCUT2D eigenvalue weighted by Gasteiger charge is 2.33. The van der Waals surface area contributed by atoms with E-state index in [2.05, 4.69) is 27.9 Å². The molecule has 2 aromatic heterocycles. The summed E-state index contributed by atoms with van der Waals surface area (Å²) < 4.78 is 5.76. The summed E-state index contributed by atoms with van der Waals surface area (Å²) in [5.41, 5.74) is 0. The third-order valence-electron chi connectivity index (χ3n) is 5.31. The molecule has 2 saturated heterocycles. The zero-order valence-corrected chi connectivity index (χ0v) is 16.5. The summed E-state index contributed by atoms with van der Waals surface area (Å²) in [6.07, 6.45) is 3.67. The first kappa shape index (κ1) is 17.7. The van der Waals surface area contributed by atoms with Gasteiger partial charge in [-0.2, -0.15) is 0 Å². The van der Waals surface area contributed by atoms with E-state index in [1.807, 2.05) is 18.7 Å². The molecule has 2 atom stereocenters. The molecule has 7 heteroatoms. The zero-order valence-electron chi connectivity index (χ0n) is 15.6. The Bertz CT molecular complexity index is 790. The van der Waals surface area contributed by atoms with Crippen LogP contribution in [0.4, 0.5) is 5.82 Å². The number of ether oxygens (including phenoxy) is 1. The summed E-state index contributed by atoms with van der Waals surface area (Å²) >= 11 is 1.70. The van der Waals surface area contributed by atoms with E-state index in [1.165, 1.54) is 4.88 Å². The largest absolute Gasteiger partial charge is 0.372 e. The van der Waals surface area contributed by atoms with Gasteiger partial charge in [0.1, 0.15) is 17.0 Å². The molecule has 0 bridgehead atoms. The Morgan fingerprint density at radius 3 is 2.58 bits per heavy atom. The van der Waals surface area contributed by atoms with Crippen molar-refractivity contribution in [3.63, 3.8) is 0 Å². The summed E-state index contributed by atoms with van der Waals surface area (Å²) in [5, 5.41) is 1.13. The fraction of sp³-hybridized carbons (Fsp3) is 0.632. The number of thiophene rings is 1. The molecular weight excluding hydrogens is 348 g/mol. The minimum atomic E-state index is 0.116. The van der Waals surface area contributed by atoms with Gasteiger partial charge in [-0.15, -0.1) is 11.3 Å². The Hall–Kier alpha value is -1.73. The molecular formula is C19H26N4O2S. The van der Waals surface area contributed by atoms with Gasteiger partial charge in [0.25, 0.3) is 0 Å². The van der Waals surface area contributed by atoms with Crippen molar-refractivity contribution in [2.75, 3.05) is 31.1 Å². The maximum absolute atomic E-state index is 12.9. The predicted octanol–water partition coefficient (Wildman–Crippen LogP) is 2.85. The summed E-state index contributed by atoms with van der Waals surface area (Å²) in [6, 6.07) is 2.17. The summed E-state index contributed by atoms with van der Waals surface area (Å²) in [5.74, 6) is 1.43. The topological polar surface area (TPSA) is 58.6 Å². The van der Waals surface area contributed by atoms with Crippen molar-refractivity contribution < 1.29 is 9.53 Å². The number of rotatable bonds is 2. The predicted molar refractivity (Wildman–Crippen MR) is 104 cm³/mol. The Balaban J connectivity index is 1.43. The highest BCUT2D eigenvalue weighted by Crippen LogP contribution is 2.32. The van der Waals surface area contributed by atoms with Crippen LogP contribution in [0.2, 0.25) is 0 Å². The molecule has 0 radical (unpaired) electrons. The average Bonchev–Trinajstić information content (AvgIpc) is 3.00. The molecule has 0 N–H and O–H groups in total. The number of aromatic nitrogens is 2. The molecule has 26 heavy (non-hydrogen) atoms. The van der Waals surface area contributed by atoms with Gasteiger partial charge in [0.15, 0.2) is 0 Å². The second kappa shape index (κ2) is 7.12. The highest BCUT2D eigenvalue weighted by molar-refractivity contribution is 7.18. The number of nitrogens with zero attached hydrogens (tertiary/aromatic N) is 4. The molecule has 2 aliphatic rings. The van der Waals surface area contributed by atoms with Crippen LogP contribution in [-0.4, -0.2) is 59.2 Å². The molecule has 0 aromatic carbocycles. The van der Waals surface area contributed by atoms with Crippen LogP contribution < -0.4 is 4.90 Å². The van der Waals surface area contributed by atoms with E-state index >= 15 is 0 Å². The van der Waals surface area contributed by atoms with Crippen LogP contribution in [0.25, 0.3) is 10.2 Å². The van der Waals surface area contributed by atoms with Crippen molar-refractivity contribution in [2.24, 2.45) is 5.92 Å². The van der Waals surface area contributed by atoms with E-state index in [0.29, 0.717) is 19.0 Å². The lowest BCUT2D eigenvalue weighted by Crippen LogP contribution is -2.51. The van der Waals surface area contributed by atoms with Crippen LogP contribution in [0.1, 0.15) is 31.6 Å². The third-order valence-corrected chi connectivity index (χ3v) is 6.27. The van der Waals surface area contributed by atoms with Crippen molar-refractivity contribution in [2.45, 2.75) is 45.8 Å². The standard InChI is InChI=1S/C19H26N4O2S/c1-12-9-23(10-13(2)25-12)19(24)15-4-6-22(7-5-15)17-16-8-14(3)26-18(16)21-11-20-17/h8,11-13,15H,4-7,9-10H2,1-3H3. The average molecular weight is 375 g/mol. The Morgan fingerprint density at radius 1 is 1.19 bits per heavy atom. The number of carbonyl (C=O) groups excluding carboxylic acids is 1. The molecule has 0 spiro atoms. The molecule has 140 valence electrons. The first-order valence-corrected chi connectivity index (χ1v) is 10.2. The van der Waals surface area contributed by atoms with Crippen molar-refractivity contribution in [3.05, 3.63) is 17.3 Å². The first-order chi connectivity index (χ1) is 12.5. The van der Waals surface area contributed by atoms with E-state index in [1.54, 1.807) is 17.7 Å². The second-order valence-corrected chi connectivity index (χ2v) is 8.77. The van der Waals surface area contributed by atoms with Gasteiger partial charge in [-0.05, 0) is 39.7 Å². The van der Waals surface area contributed by atoms with E-state index in [9.17, 15) is 4.79 Å². The molecule has 6 nitrogen and oxygen atoms in total. The molecule has 2 fully saturated rings. The SMILES string of the molecule is Cc1cc2c(N3CCC(C(=O)N4CC(C)OC(C)C4)CC3)ncnc2s1. The molecule has 4 heterocycles. The number of carbonyl (C=O) groups is 1. The molecule has 4 rings (SSSR count). The monoisotopic (exact) mass is 374 g/mol. The van der Waals surface area contributed by atoms with Crippen LogP contribution in [0.3, 0.4) is 0 Å². The zero-order chi connectivity index (χ0) is 18.3. The lowest BCUT2D eigenvalue weighted by molar-refractivity contribution is -0.148. The van der Waals surface area contributed by atoms with Crippen molar-refractivity contribution in [3.8, 4) is 0 Å². The van der Waals surface area contributed by atoms with Crippen LogP contribution in [0, 0.1) is 12.8 Å². The smallest absolute Gasteiger partial charge is 0.225 e. The lowest BCUT2D eigenvalue weighted by atomic mass is 9.94. The van der Waals surface area contributed by atoms with Gasteiger partial charge in [-0.25, -0.2) is 9.97 Å². The number of anilines is 1. The maximum Gasteiger partial charge on any atom is 0.225 e. The normalized spacial score (nSPS) is 25.0. The summed E-state index contributed by atoms with van der Waals surface area (Å²) in [4.78, 5) is 28.5. The van der Waals surface area contributed by atoms with E-state index in [-0.39, 0.29) is 18.1 Å². The van der Waals surface area contributed by atoms with Crippen molar-refractivity contribution in [1.82, 2.24) is 14.9 Å². The third kappa shape index (κ3) is 3.42. The van der Waals surface area contributed by atoms with Gasteiger partial charge in [0.05, 0.1) is 17.6 Å². The van der Waals surface area contributed by atoms with Crippen molar-refractivity contribution >= 4 is 33.3 Å². The molecule has 2 unspecified atom stereocenters. The van der Waals surface area contributed by atoms with E-state index in [0.717, 1.165) is 42.0 Å². The first-order valence-electron chi connectivity index (χ1n) is 9.41. The van der Waals surface area contributed by atoms with Gasteiger partial charge in [0.2, 0.25) is 5.91 Å². The van der Waals surface area contributed by atoms with Gasteiger partial charge in [-0.1, -0.05) is 0 Å². The summed E-state index contributed by atoms with van der Waals surface area (Å²) in [6.45, 7) is 9.35. The van der Waals surface area contributed by atoms with Crippen molar-refractivity contribution in [1.29, 1.82) is 0 Å². The van der Waals surface area contributed by atoms with Gasteiger partial charge in [0, 0.05) is 37.0 Å².